The number of nitrogens with zero attached hydrogens (tertiary/aromatic N) is 2. The molecular formula is C14H13Br2N3. The lowest BCUT2D eigenvalue weighted by Crippen LogP contribution is -2.02. The SMILES string of the molecule is Cc1ccc(-c2nc(N)c(Br)c(C3CC3)n2)cc1Br. The lowest BCUT2D eigenvalue weighted by atomic mass is 10.1. The first-order valence-electron chi connectivity index (χ1n) is 6.15. The predicted octanol–water partition coefficient (Wildman–Crippen LogP) is 4.44. The smallest absolute Gasteiger partial charge is 0.161 e. The first-order chi connectivity index (χ1) is 9.06. The largest absolute Gasteiger partial charge is 0.383 e. The van der Waals surface area contributed by atoms with Gasteiger partial charge in [-0.2, -0.15) is 0 Å². The van der Waals surface area contributed by atoms with E-state index in [-0.39, 0.29) is 0 Å². The molecule has 1 heterocycles. The molecular weight excluding hydrogens is 370 g/mol. The van der Waals surface area contributed by atoms with Crippen LogP contribution in [0, 0.1) is 6.92 Å². The normalized spacial score (nSPS) is 14.7. The van der Waals surface area contributed by atoms with E-state index in [0.29, 0.717) is 17.6 Å². The maximum Gasteiger partial charge on any atom is 0.161 e. The highest BCUT2D eigenvalue weighted by atomic mass is 79.9. The van der Waals surface area contributed by atoms with Crippen LogP contribution in [0.1, 0.15) is 30.0 Å². The first kappa shape index (κ1) is 13.1. The summed E-state index contributed by atoms with van der Waals surface area (Å²) < 4.78 is 1.91. The molecule has 0 bridgehead atoms. The summed E-state index contributed by atoms with van der Waals surface area (Å²) in [7, 11) is 0. The van der Waals surface area contributed by atoms with Gasteiger partial charge in [0.1, 0.15) is 5.82 Å². The molecule has 2 aromatic rings. The van der Waals surface area contributed by atoms with Crippen molar-refractivity contribution in [1.29, 1.82) is 0 Å². The third-order valence-corrected chi connectivity index (χ3v) is 4.96. The Labute approximate surface area is 128 Å². The van der Waals surface area contributed by atoms with E-state index >= 15 is 0 Å². The number of nitrogens with two attached hydrogens (primary N) is 1. The van der Waals surface area contributed by atoms with Crippen molar-refractivity contribution in [2.45, 2.75) is 25.7 Å². The molecule has 0 saturated heterocycles. The average Bonchev–Trinajstić information content (AvgIpc) is 3.20. The van der Waals surface area contributed by atoms with E-state index in [4.69, 9.17) is 5.73 Å². The van der Waals surface area contributed by atoms with Crippen molar-refractivity contribution < 1.29 is 0 Å². The second-order valence-corrected chi connectivity index (χ2v) is 6.52. The van der Waals surface area contributed by atoms with Crippen LogP contribution < -0.4 is 5.73 Å². The maximum atomic E-state index is 5.98. The van der Waals surface area contributed by atoms with E-state index < -0.39 is 0 Å². The van der Waals surface area contributed by atoms with Crippen LogP contribution in [-0.2, 0) is 0 Å². The van der Waals surface area contributed by atoms with Gasteiger partial charge in [-0.15, -0.1) is 0 Å². The maximum absolute atomic E-state index is 5.98. The van der Waals surface area contributed by atoms with Crippen molar-refractivity contribution in [3.63, 3.8) is 0 Å². The van der Waals surface area contributed by atoms with Gasteiger partial charge >= 0.3 is 0 Å². The van der Waals surface area contributed by atoms with Gasteiger partial charge in [0, 0.05) is 16.0 Å². The lowest BCUT2D eigenvalue weighted by Gasteiger charge is -2.09. The number of nitrogen functional groups attached to an aromatic ring is 1. The molecule has 0 unspecified atom stereocenters. The molecule has 0 spiro atoms. The van der Waals surface area contributed by atoms with Gasteiger partial charge in [0.25, 0.3) is 0 Å². The highest BCUT2D eigenvalue weighted by Gasteiger charge is 2.29. The highest BCUT2D eigenvalue weighted by molar-refractivity contribution is 9.11. The molecule has 0 atom stereocenters. The third kappa shape index (κ3) is 2.54. The zero-order valence-corrected chi connectivity index (χ0v) is 13.6. The van der Waals surface area contributed by atoms with Gasteiger partial charge in [0.2, 0.25) is 0 Å². The van der Waals surface area contributed by atoms with Crippen LogP contribution >= 0.6 is 31.9 Å². The van der Waals surface area contributed by atoms with Gasteiger partial charge in [0.05, 0.1) is 10.2 Å². The molecule has 19 heavy (non-hydrogen) atoms. The van der Waals surface area contributed by atoms with Gasteiger partial charge in [-0.3, -0.25) is 0 Å². The van der Waals surface area contributed by atoms with E-state index in [1.165, 1.54) is 18.4 Å². The second kappa shape index (κ2) is 4.87. The molecule has 0 amide bonds. The molecule has 1 aromatic heterocycles. The van der Waals surface area contributed by atoms with Gasteiger partial charge in [-0.1, -0.05) is 28.1 Å². The standard InChI is InChI=1S/C14H13Br2N3/c1-7-2-3-9(6-10(7)15)14-18-12(8-4-5-8)11(16)13(17)19-14/h2-3,6,8H,4-5H2,1H3,(H2,17,18,19). The molecule has 3 rings (SSSR count). The molecule has 98 valence electrons. The van der Waals surface area contributed by atoms with E-state index in [1.54, 1.807) is 0 Å². The molecule has 1 saturated carbocycles. The fraction of sp³-hybridized carbons (Fsp3) is 0.286. The molecule has 0 radical (unpaired) electrons. The minimum Gasteiger partial charge on any atom is -0.383 e. The van der Waals surface area contributed by atoms with Gasteiger partial charge in [-0.05, 0) is 47.3 Å². The molecule has 1 aliphatic rings. The van der Waals surface area contributed by atoms with Gasteiger partial charge in [0.15, 0.2) is 5.82 Å². The average molecular weight is 383 g/mol. The summed E-state index contributed by atoms with van der Waals surface area (Å²) in [5.41, 5.74) is 9.20. The number of hydrogen-bond donors (Lipinski definition) is 1. The van der Waals surface area contributed by atoms with E-state index in [0.717, 1.165) is 20.2 Å². The fourth-order valence-corrected chi connectivity index (χ4v) is 2.85. The van der Waals surface area contributed by atoms with Gasteiger partial charge < -0.3 is 5.73 Å². The van der Waals surface area contributed by atoms with Crippen molar-refractivity contribution >= 4 is 37.7 Å². The Bertz CT molecular complexity index is 651. The van der Waals surface area contributed by atoms with Crippen LogP contribution in [-0.4, -0.2) is 9.97 Å². The minimum absolute atomic E-state index is 0.517. The quantitative estimate of drug-likeness (QED) is 0.835. The predicted molar refractivity (Wildman–Crippen MR) is 84.0 cm³/mol. The van der Waals surface area contributed by atoms with E-state index in [9.17, 15) is 0 Å². The lowest BCUT2D eigenvalue weighted by molar-refractivity contribution is 0.984. The van der Waals surface area contributed by atoms with E-state index in [2.05, 4.69) is 54.8 Å². The monoisotopic (exact) mass is 381 g/mol. The number of hydrogen-bond acceptors (Lipinski definition) is 3. The number of aryl methyl sites for hydroxylation is 1. The second-order valence-electron chi connectivity index (χ2n) is 4.87. The summed E-state index contributed by atoms with van der Waals surface area (Å²) in [4.78, 5) is 9.06. The van der Waals surface area contributed by atoms with Crippen LogP contribution in [0.15, 0.2) is 27.1 Å². The highest BCUT2D eigenvalue weighted by Crippen LogP contribution is 2.44. The number of benzene rings is 1. The number of aromatic nitrogens is 2. The van der Waals surface area contributed by atoms with Crippen molar-refractivity contribution in [3.8, 4) is 11.4 Å². The first-order valence-corrected chi connectivity index (χ1v) is 7.74. The molecule has 0 aliphatic heterocycles. The van der Waals surface area contributed by atoms with Crippen LogP contribution in [0.3, 0.4) is 0 Å². The summed E-state index contributed by atoms with van der Waals surface area (Å²) >= 11 is 7.03. The van der Waals surface area contributed by atoms with Crippen molar-refractivity contribution in [2.24, 2.45) is 0 Å². The topological polar surface area (TPSA) is 51.8 Å². The molecule has 1 aromatic carbocycles. The third-order valence-electron chi connectivity index (χ3n) is 3.30. The Morgan fingerprint density at radius 2 is 1.95 bits per heavy atom. The van der Waals surface area contributed by atoms with Crippen molar-refractivity contribution in [3.05, 3.63) is 38.4 Å². The molecule has 1 fully saturated rings. The van der Waals surface area contributed by atoms with Crippen molar-refractivity contribution in [2.75, 3.05) is 5.73 Å². The van der Waals surface area contributed by atoms with Crippen LogP contribution in [0.25, 0.3) is 11.4 Å². The molecule has 1 aliphatic carbocycles. The molecule has 3 nitrogen and oxygen atoms in total. The summed E-state index contributed by atoms with van der Waals surface area (Å²) in [5.74, 6) is 1.75. The van der Waals surface area contributed by atoms with Gasteiger partial charge in [-0.25, -0.2) is 9.97 Å². The summed E-state index contributed by atoms with van der Waals surface area (Å²) in [6, 6.07) is 6.12. The summed E-state index contributed by atoms with van der Waals surface area (Å²) in [6.45, 7) is 2.06. The van der Waals surface area contributed by atoms with Crippen LogP contribution in [0.5, 0.6) is 0 Å². The van der Waals surface area contributed by atoms with E-state index in [1.807, 2.05) is 12.1 Å². The van der Waals surface area contributed by atoms with Crippen molar-refractivity contribution in [1.82, 2.24) is 9.97 Å². The Hall–Kier alpha value is -0.940. The summed E-state index contributed by atoms with van der Waals surface area (Å²) in [6.07, 6.45) is 2.37. The number of halogens is 2. The summed E-state index contributed by atoms with van der Waals surface area (Å²) in [5, 5.41) is 0. The number of anilines is 1. The Morgan fingerprint density at radius 1 is 1.21 bits per heavy atom. The fourth-order valence-electron chi connectivity index (χ4n) is 1.97. The molecule has 5 heteroatoms. The Balaban J connectivity index is 2.11. The number of rotatable bonds is 2. The zero-order valence-electron chi connectivity index (χ0n) is 10.5. The Kier molecular flexibility index (Phi) is 3.35. The molecule has 2 N–H and O–H groups in total. The zero-order chi connectivity index (χ0) is 13.6. The minimum atomic E-state index is 0.517. The van der Waals surface area contributed by atoms with Crippen LogP contribution in [0.2, 0.25) is 0 Å². The Morgan fingerprint density at radius 3 is 2.58 bits per heavy atom. The van der Waals surface area contributed by atoms with Crippen LogP contribution in [0.4, 0.5) is 5.82 Å².